The van der Waals surface area contributed by atoms with Crippen molar-refractivity contribution in [2.75, 3.05) is 26.4 Å². The molecular formula is C48H81O11P. The SMILES string of the molecule is CC/C=C\C/C=C\C/C=C\C/C=C\C=C/C(O)C/C=C\CCC(=O)OC[C@H](COP(=O)(O)OC[C@@H](O)CO)OC(=O)CCCCCCCCC/C=C\CCCCCCCC. The van der Waals surface area contributed by atoms with Crippen molar-refractivity contribution in [3.05, 3.63) is 85.1 Å². The van der Waals surface area contributed by atoms with Crippen LogP contribution in [-0.4, -0.2) is 76.9 Å². The van der Waals surface area contributed by atoms with Crippen LogP contribution in [-0.2, 0) is 32.7 Å². The molecule has 0 aromatic rings. The highest BCUT2D eigenvalue weighted by Gasteiger charge is 2.27. The van der Waals surface area contributed by atoms with Crippen LogP contribution in [0, 0.1) is 0 Å². The number of hydrogen-bond donors (Lipinski definition) is 4. The van der Waals surface area contributed by atoms with Gasteiger partial charge in [-0.05, 0) is 70.6 Å². The molecule has 0 saturated carbocycles. The van der Waals surface area contributed by atoms with Crippen LogP contribution in [0.25, 0.3) is 0 Å². The molecule has 344 valence electrons. The summed E-state index contributed by atoms with van der Waals surface area (Å²) in [6.07, 6.45) is 47.2. The van der Waals surface area contributed by atoms with Crippen LogP contribution in [0.1, 0.15) is 162 Å². The summed E-state index contributed by atoms with van der Waals surface area (Å²) in [5.74, 6) is -1.12. The van der Waals surface area contributed by atoms with Gasteiger partial charge in [-0.15, -0.1) is 0 Å². The lowest BCUT2D eigenvalue weighted by atomic mass is 10.1. The van der Waals surface area contributed by atoms with Gasteiger partial charge < -0.3 is 29.7 Å². The third-order valence-corrected chi connectivity index (χ3v) is 10.1. The van der Waals surface area contributed by atoms with Gasteiger partial charge in [0.05, 0.1) is 25.9 Å². The highest BCUT2D eigenvalue weighted by Crippen LogP contribution is 2.43. The topological polar surface area (TPSA) is 169 Å². The van der Waals surface area contributed by atoms with Gasteiger partial charge in [0.15, 0.2) is 6.10 Å². The maximum absolute atomic E-state index is 12.6. The van der Waals surface area contributed by atoms with E-state index < -0.39 is 64.5 Å². The first-order valence-electron chi connectivity index (χ1n) is 22.7. The van der Waals surface area contributed by atoms with Gasteiger partial charge in [-0.2, -0.15) is 0 Å². The highest BCUT2D eigenvalue weighted by molar-refractivity contribution is 7.47. The molecule has 4 atom stereocenters. The highest BCUT2D eigenvalue weighted by atomic mass is 31.2. The molecule has 2 unspecified atom stereocenters. The van der Waals surface area contributed by atoms with E-state index in [1.807, 2.05) is 12.2 Å². The predicted molar refractivity (Wildman–Crippen MR) is 243 cm³/mol. The molecule has 0 radical (unpaired) electrons. The first-order valence-corrected chi connectivity index (χ1v) is 24.1. The number of unbranched alkanes of at least 4 members (excludes halogenated alkanes) is 13. The summed E-state index contributed by atoms with van der Waals surface area (Å²) in [4.78, 5) is 35.0. The lowest BCUT2D eigenvalue weighted by Gasteiger charge is -2.20. The summed E-state index contributed by atoms with van der Waals surface area (Å²) in [7, 11) is -4.67. The molecule has 0 spiro atoms. The standard InChI is InChI=1S/C48H81O11P/c1-3-5-7-9-11-13-15-17-18-19-20-22-24-26-28-30-34-39-48(53)59-46(43-58-60(54,55)57-41-45(51)40-49)42-56-47(52)38-35-31-33-37-44(50)36-32-29-27-25-23-21-16-14-12-10-8-6-4-2/h6,8,12,14,17-18,21,23,27,29,31-33,36,44-46,49-51H,3-5,7,9-11,13,15-16,19-20,22,24-26,28,30,34-35,37-43H2,1-2H3,(H,54,55)/b8-6-,14-12-,18-17-,23-21-,29-27-,33-31-,36-32-/t44?,45-,46+/m0/s1. The molecule has 0 rings (SSSR count). The van der Waals surface area contributed by atoms with E-state index in [9.17, 15) is 29.3 Å². The Bertz CT molecular complexity index is 1290. The molecule has 0 aliphatic rings. The quantitative estimate of drug-likeness (QED) is 0.0152. The summed E-state index contributed by atoms with van der Waals surface area (Å²) < 4.78 is 32.6. The number of allylic oxidation sites excluding steroid dienone is 12. The van der Waals surface area contributed by atoms with E-state index in [1.54, 1.807) is 24.3 Å². The molecule has 11 nitrogen and oxygen atoms in total. The Morgan fingerprint density at radius 3 is 1.75 bits per heavy atom. The van der Waals surface area contributed by atoms with Crippen molar-refractivity contribution < 1.29 is 52.9 Å². The zero-order valence-corrected chi connectivity index (χ0v) is 37.9. The van der Waals surface area contributed by atoms with E-state index in [0.717, 1.165) is 57.8 Å². The largest absolute Gasteiger partial charge is 0.472 e. The predicted octanol–water partition coefficient (Wildman–Crippen LogP) is 11.2. The van der Waals surface area contributed by atoms with Gasteiger partial charge in [0.2, 0.25) is 0 Å². The third-order valence-electron chi connectivity index (χ3n) is 9.13. The summed E-state index contributed by atoms with van der Waals surface area (Å²) in [5.41, 5.74) is 0. The molecule has 0 aromatic carbocycles. The summed E-state index contributed by atoms with van der Waals surface area (Å²) in [6, 6.07) is 0. The Kier molecular flexibility index (Phi) is 40.7. The minimum atomic E-state index is -4.67. The number of phosphoric ester groups is 1. The minimum Gasteiger partial charge on any atom is -0.462 e. The zero-order chi connectivity index (χ0) is 44.2. The van der Waals surface area contributed by atoms with Crippen LogP contribution >= 0.6 is 7.82 Å². The molecule has 12 heteroatoms. The van der Waals surface area contributed by atoms with E-state index in [4.69, 9.17) is 19.1 Å². The molecule has 0 aromatic heterocycles. The Balaban J connectivity index is 4.50. The lowest BCUT2D eigenvalue weighted by Crippen LogP contribution is -2.29. The molecule has 4 N–H and O–H groups in total. The van der Waals surface area contributed by atoms with E-state index in [2.05, 4.69) is 67.0 Å². The average molecular weight is 865 g/mol. The Morgan fingerprint density at radius 2 is 1.13 bits per heavy atom. The molecule has 0 aliphatic heterocycles. The van der Waals surface area contributed by atoms with E-state index in [0.29, 0.717) is 19.3 Å². The average Bonchev–Trinajstić information content (AvgIpc) is 3.23. The molecule has 0 aliphatic carbocycles. The fourth-order valence-corrected chi connectivity index (χ4v) is 6.42. The van der Waals surface area contributed by atoms with Crippen molar-refractivity contribution in [3.63, 3.8) is 0 Å². The second kappa shape index (κ2) is 42.8. The van der Waals surface area contributed by atoms with E-state index >= 15 is 0 Å². The summed E-state index contributed by atoms with van der Waals surface area (Å²) in [6.45, 7) is 2.05. The van der Waals surface area contributed by atoms with Gasteiger partial charge in [-0.3, -0.25) is 18.6 Å². The Hall–Kier alpha value is -2.89. The fourth-order valence-electron chi connectivity index (χ4n) is 5.63. The summed E-state index contributed by atoms with van der Waals surface area (Å²) >= 11 is 0. The van der Waals surface area contributed by atoms with Crippen LogP contribution in [0.5, 0.6) is 0 Å². The van der Waals surface area contributed by atoms with Gasteiger partial charge in [-0.1, -0.05) is 163 Å². The fraction of sp³-hybridized carbons (Fsp3) is 0.667. The van der Waals surface area contributed by atoms with Crippen LogP contribution < -0.4 is 0 Å². The molecule has 60 heavy (non-hydrogen) atoms. The molecule has 0 heterocycles. The number of aliphatic hydroxyl groups is 3. The second-order valence-corrected chi connectivity index (χ2v) is 16.3. The number of phosphoric acid groups is 1. The molecule has 0 bridgehead atoms. The van der Waals surface area contributed by atoms with Crippen LogP contribution in [0.15, 0.2) is 85.1 Å². The van der Waals surface area contributed by atoms with Crippen molar-refractivity contribution in [2.45, 2.75) is 180 Å². The number of esters is 2. The number of carbonyl (C=O) groups is 2. The minimum absolute atomic E-state index is 0.0303. The second-order valence-electron chi connectivity index (χ2n) is 14.9. The van der Waals surface area contributed by atoms with Crippen molar-refractivity contribution in [2.24, 2.45) is 0 Å². The molecular weight excluding hydrogens is 783 g/mol. The number of aliphatic hydroxyl groups excluding tert-OH is 3. The zero-order valence-electron chi connectivity index (χ0n) is 37.0. The maximum atomic E-state index is 12.6. The molecule has 0 amide bonds. The number of rotatable bonds is 41. The van der Waals surface area contributed by atoms with E-state index in [-0.39, 0.29) is 12.8 Å². The lowest BCUT2D eigenvalue weighted by molar-refractivity contribution is -0.161. The molecule has 0 fully saturated rings. The van der Waals surface area contributed by atoms with Crippen LogP contribution in [0.2, 0.25) is 0 Å². The number of carbonyl (C=O) groups excluding carboxylic acids is 2. The van der Waals surface area contributed by atoms with Crippen molar-refractivity contribution >= 4 is 19.8 Å². The summed E-state index contributed by atoms with van der Waals surface area (Å²) in [5, 5.41) is 28.5. The van der Waals surface area contributed by atoms with Crippen LogP contribution in [0.4, 0.5) is 0 Å². The normalized spacial score (nSPS) is 15.1. The van der Waals surface area contributed by atoms with Gasteiger partial charge >= 0.3 is 19.8 Å². The first-order chi connectivity index (χ1) is 29.1. The maximum Gasteiger partial charge on any atom is 0.472 e. The monoisotopic (exact) mass is 865 g/mol. The van der Waals surface area contributed by atoms with Crippen LogP contribution in [0.3, 0.4) is 0 Å². The van der Waals surface area contributed by atoms with Gasteiger partial charge in [0.1, 0.15) is 12.7 Å². The Morgan fingerprint density at radius 1 is 0.583 bits per heavy atom. The van der Waals surface area contributed by atoms with E-state index in [1.165, 1.54) is 57.8 Å². The van der Waals surface area contributed by atoms with Gasteiger partial charge in [-0.25, -0.2) is 4.57 Å². The van der Waals surface area contributed by atoms with Crippen molar-refractivity contribution in [1.82, 2.24) is 0 Å². The number of ether oxygens (including phenoxy) is 2. The van der Waals surface area contributed by atoms with Crippen molar-refractivity contribution in [1.29, 1.82) is 0 Å². The van der Waals surface area contributed by atoms with Gasteiger partial charge in [0.25, 0.3) is 0 Å². The third kappa shape index (κ3) is 41.8. The number of hydrogen-bond acceptors (Lipinski definition) is 10. The molecule has 0 saturated heterocycles. The Labute approximate surface area is 363 Å². The van der Waals surface area contributed by atoms with Crippen molar-refractivity contribution in [3.8, 4) is 0 Å². The first kappa shape index (κ1) is 57.1. The smallest absolute Gasteiger partial charge is 0.462 e. The van der Waals surface area contributed by atoms with Gasteiger partial charge in [0, 0.05) is 12.8 Å².